The van der Waals surface area contributed by atoms with Crippen LogP contribution in [0.2, 0.25) is 0 Å². The Morgan fingerprint density at radius 2 is 2.06 bits per heavy atom. The summed E-state index contributed by atoms with van der Waals surface area (Å²) in [6, 6.07) is -0.0591. The third kappa shape index (κ3) is 3.23. The van der Waals surface area contributed by atoms with Gasteiger partial charge in [0.1, 0.15) is 0 Å². The monoisotopic (exact) mass is 277 g/mol. The average Bonchev–Trinajstić information content (AvgIpc) is 2.30. The zero-order valence-electron chi connectivity index (χ0n) is 11.9. The van der Waals surface area contributed by atoms with Crippen molar-refractivity contribution in [2.24, 2.45) is 11.7 Å². The lowest BCUT2D eigenvalue weighted by Gasteiger charge is -2.43. The molecule has 0 aromatic carbocycles. The largest absolute Gasteiger partial charge is 0.329 e. The number of nitrogens with one attached hydrogen (secondary N) is 1. The number of rotatable bonds is 5. The highest BCUT2D eigenvalue weighted by molar-refractivity contribution is 7.87. The van der Waals surface area contributed by atoms with Gasteiger partial charge in [0.2, 0.25) is 0 Å². The van der Waals surface area contributed by atoms with Crippen LogP contribution in [-0.2, 0) is 10.2 Å². The molecule has 1 fully saturated rings. The fourth-order valence-electron chi connectivity index (χ4n) is 2.52. The molecule has 0 aliphatic heterocycles. The van der Waals surface area contributed by atoms with Gasteiger partial charge in [-0.3, -0.25) is 0 Å². The van der Waals surface area contributed by atoms with Crippen LogP contribution in [-0.4, -0.2) is 37.9 Å². The Labute approximate surface area is 111 Å². The number of nitrogens with zero attached hydrogens (tertiary/aromatic N) is 1. The van der Waals surface area contributed by atoms with Crippen LogP contribution in [0.4, 0.5) is 0 Å². The van der Waals surface area contributed by atoms with Crippen LogP contribution in [0.5, 0.6) is 0 Å². The topological polar surface area (TPSA) is 75.4 Å². The molecular formula is C12H27N3O2S. The molecule has 1 aliphatic carbocycles. The lowest BCUT2D eigenvalue weighted by atomic mass is 9.74. The summed E-state index contributed by atoms with van der Waals surface area (Å²) in [5.41, 5.74) is 5.39. The molecule has 0 spiro atoms. The predicted molar refractivity (Wildman–Crippen MR) is 74.4 cm³/mol. The summed E-state index contributed by atoms with van der Waals surface area (Å²) < 4.78 is 28.8. The fraction of sp³-hybridized carbons (Fsp3) is 1.00. The van der Waals surface area contributed by atoms with Gasteiger partial charge in [0.05, 0.1) is 0 Å². The highest BCUT2D eigenvalue weighted by Crippen LogP contribution is 2.33. The second kappa shape index (κ2) is 5.86. The van der Waals surface area contributed by atoms with Crippen molar-refractivity contribution in [3.8, 4) is 0 Å². The minimum Gasteiger partial charge on any atom is -0.329 e. The van der Waals surface area contributed by atoms with Gasteiger partial charge in [0.15, 0.2) is 0 Å². The Bertz CT molecular complexity index is 370. The van der Waals surface area contributed by atoms with E-state index in [1.54, 1.807) is 7.05 Å². The number of hydrogen-bond donors (Lipinski definition) is 2. The molecule has 0 radical (unpaired) electrons. The first kappa shape index (κ1) is 15.9. The summed E-state index contributed by atoms with van der Waals surface area (Å²) in [6.45, 7) is 6.17. The van der Waals surface area contributed by atoms with Crippen molar-refractivity contribution in [1.82, 2.24) is 9.03 Å². The Morgan fingerprint density at radius 1 is 1.44 bits per heavy atom. The molecule has 0 saturated heterocycles. The molecule has 3 N–H and O–H groups in total. The minimum atomic E-state index is -3.46. The van der Waals surface area contributed by atoms with Crippen LogP contribution in [0.15, 0.2) is 0 Å². The second-order valence-electron chi connectivity index (χ2n) is 5.72. The molecule has 2 unspecified atom stereocenters. The van der Waals surface area contributed by atoms with E-state index in [0.717, 1.165) is 25.7 Å². The molecule has 18 heavy (non-hydrogen) atoms. The van der Waals surface area contributed by atoms with Gasteiger partial charge < -0.3 is 5.73 Å². The zero-order valence-corrected chi connectivity index (χ0v) is 12.8. The second-order valence-corrected chi connectivity index (χ2v) is 7.45. The van der Waals surface area contributed by atoms with E-state index < -0.39 is 15.7 Å². The zero-order chi connectivity index (χ0) is 14.0. The van der Waals surface area contributed by atoms with Crippen molar-refractivity contribution in [2.75, 3.05) is 13.6 Å². The van der Waals surface area contributed by atoms with Gasteiger partial charge in [-0.1, -0.05) is 19.8 Å². The van der Waals surface area contributed by atoms with Gasteiger partial charge in [-0.25, -0.2) is 0 Å². The summed E-state index contributed by atoms with van der Waals surface area (Å²) in [6.07, 6.45) is 4.06. The van der Waals surface area contributed by atoms with Crippen molar-refractivity contribution in [2.45, 2.75) is 58.0 Å². The van der Waals surface area contributed by atoms with Gasteiger partial charge in [0, 0.05) is 25.2 Å². The molecule has 5 nitrogen and oxygen atoms in total. The van der Waals surface area contributed by atoms with Gasteiger partial charge in [-0.05, 0) is 32.6 Å². The smallest absolute Gasteiger partial charge is 0.279 e. The standard InChI is InChI=1S/C12H27N3O2S/c1-10(2)15(4)18(16,17)14-12(9-13)8-6-5-7-11(12)3/h10-11,14H,5-9,13H2,1-4H3. The first-order chi connectivity index (χ1) is 8.25. The van der Waals surface area contributed by atoms with Crippen molar-refractivity contribution < 1.29 is 8.42 Å². The summed E-state index contributed by atoms with van der Waals surface area (Å²) in [4.78, 5) is 0. The maximum Gasteiger partial charge on any atom is 0.279 e. The Hall–Kier alpha value is -0.170. The van der Waals surface area contributed by atoms with E-state index in [-0.39, 0.29) is 12.0 Å². The van der Waals surface area contributed by atoms with Crippen LogP contribution >= 0.6 is 0 Å². The van der Waals surface area contributed by atoms with Crippen LogP contribution in [0.3, 0.4) is 0 Å². The van der Waals surface area contributed by atoms with Gasteiger partial charge in [0.25, 0.3) is 10.2 Å². The summed E-state index contributed by atoms with van der Waals surface area (Å²) in [5, 5.41) is 0. The molecule has 0 amide bonds. The maximum absolute atomic E-state index is 12.3. The molecular weight excluding hydrogens is 250 g/mol. The fourth-order valence-corrected chi connectivity index (χ4v) is 4.12. The van der Waals surface area contributed by atoms with Crippen LogP contribution in [0, 0.1) is 5.92 Å². The molecule has 0 aromatic heterocycles. The lowest BCUT2D eigenvalue weighted by Crippen LogP contribution is -2.61. The third-order valence-electron chi connectivity index (χ3n) is 4.26. The van der Waals surface area contributed by atoms with Gasteiger partial charge in [-0.2, -0.15) is 17.4 Å². The van der Waals surface area contributed by atoms with E-state index in [2.05, 4.69) is 11.6 Å². The molecule has 1 aliphatic rings. The number of hydrogen-bond acceptors (Lipinski definition) is 3. The first-order valence-corrected chi connectivity index (χ1v) is 8.16. The van der Waals surface area contributed by atoms with Gasteiger partial charge >= 0.3 is 0 Å². The van der Waals surface area contributed by atoms with E-state index in [9.17, 15) is 8.42 Å². The highest BCUT2D eigenvalue weighted by atomic mass is 32.2. The molecule has 6 heteroatoms. The van der Waals surface area contributed by atoms with E-state index in [1.165, 1.54) is 4.31 Å². The predicted octanol–water partition coefficient (Wildman–Crippen LogP) is 1.07. The van der Waals surface area contributed by atoms with E-state index in [4.69, 9.17) is 5.73 Å². The normalized spacial score (nSPS) is 30.1. The third-order valence-corrected chi connectivity index (χ3v) is 6.10. The van der Waals surface area contributed by atoms with Crippen molar-refractivity contribution in [3.63, 3.8) is 0 Å². The lowest BCUT2D eigenvalue weighted by molar-refractivity contribution is 0.187. The average molecular weight is 277 g/mol. The Balaban J connectivity index is 2.91. The van der Waals surface area contributed by atoms with Crippen molar-refractivity contribution in [3.05, 3.63) is 0 Å². The van der Waals surface area contributed by atoms with E-state index in [0.29, 0.717) is 6.54 Å². The minimum absolute atomic E-state index is 0.0591. The summed E-state index contributed by atoms with van der Waals surface area (Å²) >= 11 is 0. The molecule has 0 bridgehead atoms. The van der Waals surface area contributed by atoms with Crippen LogP contribution < -0.4 is 10.5 Å². The molecule has 0 heterocycles. The number of nitrogens with two attached hydrogens (primary N) is 1. The molecule has 108 valence electrons. The Kier molecular flexibility index (Phi) is 5.17. The van der Waals surface area contributed by atoms with E-state index >= 15 is 0 Å². The van der Waals surface area contributed by atoms with E-state index in [1.807, 2.05) is 13.8 Å². The molecule has 1 saturated carbocycles. The first-order valence-electron chi connectivity index (χ1n) is 6.72. The van der Waals surface area contributed by atoms with Crippen molar-refractivity contribution >= 4 is 10.2 Å². The SMILES string of the molecule is CC(C)N(C)S(=O)(=O)NC1(CN)CCCCC1C. The molecule has 1 rings (SSSR count). The summed E-state index contributed by atoms with van der Waals surface area (Å²) in [5.74, 6) is 0.284. The highest BCUT2D eigenvalue weighted by Gasteiger charge is 2.41. The van der Waals surface area contributed by atoms with Crippen LogP contribution in [0.1, 0.15) is 46.5 Å². The maximum atomic E-state index is 12.3. The molecule has 2 atom stereocenters. The quantitative estimate of drug-likeness (QED) is 0.789. The van der Waals surface area contributed by atoms with Crippen molar-refractivity contribution in [1.29, 1.82) is 0 Å². The Morgan fingerprint density at radius 3 is 2.50 bits per heavy atom. The van der Waals surface area contributed by atoms with Gasteiger partial charge in [-0.15, -0.1) is 0 Å². The molecule has 0 aromatic rings. The van der Waals surface area contributed by atoms with Crippen LogP contribution in [0.25, 0.3) is 0 Å². The summed E-state index contributed by atoms with van der Waals surface area (Å²) in [7, 11) is -1.86.